The van der Waals surface area contributed by atoms with E-state index in [2.05, 4.69) is 12.2 Å². The van der Waals surface area contributed by atoms with Crippen LogP contribution in [0.5, 0.6) is 5.75 Å². The zero-order valence-electron chi connectivity index (χ0n) is 14.7. The number of benzene rings is 2. The van der Waals surface area contributed by atoms with Crippen LogP contribution in [0.3, 0.4) is 0 Å². The monoisotopic (exact) mass is 345 g/mol. The van der Waals surface area contributed by atoms with Crippen LogP contribution < -0.4 is 5.32 Å². The van der Waals surface area contributed by atoms with Crippen LogP contribution in [0.25, 0.3) is 10.8 Å². The lowest BCUT2D eigenvalue weighted by molar-refractivity contribution is -0.109. The van der Waals surface area contributed by atoms with Crippen molar-refractivity contribution >= 4 is 23.2 Å². The van der Waals surface area contributed by atoms with Crippen LogP contribution in [0, 0.1) is 0 Å². The Bertz CT molecular complexity index is 670. The number of rotatable bonds is 9. The van der Waals surface area contributed by atoms with Gasteiger partial charge >= 0.3 is 5.97 Å². The number of carbonyl (C=O) groups excluding carboxylic acids is 1. The van der Waals surface area contributed by atoms with Gasteiger partial charge in [-0.3, -0.25) is 4.79 Å². The molecule has 0 aliphatic rings. The van der Waals surface area contributed by atoms with E-state index < -0.39 is 5.97 Å². The normalized spacial score (nSPS) is 9.96. The number of unbranched alkanes of at least 4 members (excludes halogenated alkanes) is 5. The molecular formula is C20H27NO4. The van der Waals surface area contributed by atoms with E-state index in [-0.39, 0.29) is 11.3 Å². The van der Waals surface area contributed by atoms with Gasteiger partial charge < -0.3 is 15.5 Å². The number of hydrogen-bond donors (Lipinski definition) is 3. The summed E-state index contributed by atoms with van der Waals surface area (Å²) < 4.78 is 0. The minimum Gasteiger partial charge on any atom is -0.507 e. The molecule has 2 rings (SSSR count). The second-order valence-electron chi connectivity index (χ2n) is 5.86. The molecule has 0 bridgehead atoms. The summed E-state index contributed by atoms with van der Waals surface area (Å²) in [4.78, 5) is 20.5. The van der Waals surface area contributed by atoms with Crippen LogP contribution >= 0.6 is 0 Å². The van der Waals surface area contributed by atoms with Crippen molar-refractivity contribution in [2.45, 2.75) is 45.4 Å². The molecule has 5 heteroatoms. The molecule has 2 aromatic rings. The molecule has 0 heterocycles. The van der Waals surface area contributed by atoms with Gasteiger partial charge in [0.2, 0.25) is 6.41 Å². The first-order chi connectivity index (χ1) is 12.1. The Morgan fingerprint density at radius 2 is 1.64 bits per heavy atom. The van der Waals surface area contributed by atoms with Crippen LogP contribution in [0.15, 0.2) is 36.4 Å². The third-order valence-corrected chi connectivity index (χ3v) is 3.85. The van der Waals surface area contributed by atoms with E-state index in [1.165, 1.54) is 44.2 Å². The van der Waals surface area contributed by atoms with Crippen molar-refractivity contribution in [2.75, 3.05) is 6.54 Å². The number of aromatic carboxylic acids is 1. The number of fused-ring (bicyclic) bond motifs is 1. The third-order valence-electron chi connectivity index (χ3n) is 3.85. The fraction of sp³-hybridized carbons (Fsp3) is 0.400. The summed E-state index contributed by atoms with van der Waals surface area (Å²) in [6.07, 6.45) is 8.45. The number of carboxylic acid groups (broad SMARTS) is 1. The highest BCUT2D eigenvalue weighted by atomic mass is 16.4. The predicted molar refractivity (Wildman–Crippen MR) is 100 cm³/mol. The molecular weight excluding hydrogens is 318 g/mol. The van der Waals surface area contributed by atoms with E-state index in [4.69, 9.17) is 5.11 Å². The van der Waals surface area contributed by atoms with Crippen molar-refractivity contribution in [3.63, 3.8) is 0 Å². The van der Waals surface area contributed by atoms with Crippen molar-refractivity contribution in [2.24, 2.45) is 0 Å². The van der Waals surface area contributed by atoms with E-state index in [9.17, 15) is 14.7 Å². The Morgan fingerprint density at radius 3 is 2.24 bits per heavy atom. The van der Waals surface area contributed by atoms with E-state index in [1.54, 1.807) is 6.07 Å². The van der Waals surface area contributed by atoms with Gasteiger partial charge in [0.05, 0.1) is 0 Å². The highest BCUT2D eigenvalue weighted by Crippen LogP contribution is 2.24. The zero-order valence-corrected chi connectivity index (χ0v) is 14.7. The molecule has 5 nitrogen and oxygen atoms in total. The fourth-order valence-electron chi connectivity index (χ4n) is 2.47. The molecule has 0 saturated heterocycles. The number of amides is 1. The molecule has 0 aliphatic heterocycles. The number of aromatic hydroxyl groups is 1. The maximum atomic E-state index is 10.7. The summed E-state index contributed by atoms with van der Waals surface area (Å²) in [6, 6.07) is 10.2. The molecule has 0 atom stereocenters. The number of carbonyl (C=O) groups is 2. The van der Waals surface area contributed by atoms with Crippen LogP contribution in [-0.4, -0.2) is 29.1 Å². The summed E-state index contributed by atoms with van der Waals surface area (Å²) in [5.41, 5.74) is -0.0660. The Morgan fingerprint density at radius 1 is 1.04 bits per heavy atom. The lowest BCUT2D eigenvalue weighted by Gasteiger charge is -2.02. The second kappa shape index (κ2) is 11.9. The summed E-state index contributed by atoms with van der Waals surface area (Å²) in [6.45, 7) is 3.06. The lowest BCUT2D eigenvalue weighted by Crippen LogP contribution is -2.11. The van der Waals surface area contributed by atoms with Crippen molar-refractivity contribution in [1.29, 1.82) is 0 Å². The molecule has 25 heavy (non-hydrogen) atoms. The summed E-state index contributed by atoms with van der Waals surface area (Å²) >= 11 is 0. The van der Waals surface area contributed by atoms with Crippen molar-refractivity contribution < 1.29 is 19.8 Å². The summed E-state index contributed by atoms with van der Waals surface area (Å²) in [5.74, 6) is -1.32. The maximum Gasteiger partial charge on any atom is 0.339 e. The van der Waals surface area contributed by atoms with Crippen LogP contribution in [0.1, 0.15) is 55.8 Å². The number of phenols is 1. The molecule has 0 fully saturated rings. The molecule has 136 valence electrons. The van der Waals surface area contributed by atoms with E-state index >= 15 is 0 Å². The van der Waals surface area contributed by atoms with Crippen LogP contribution in [0.2, 0.25) is 0 Å². The number of nitrogens with one attached hydrogen (secondary N) is 1. The third kappa shape index (κ3) is 7.70. The lowest BCUT2D eigenvalue weighted by atomic mass is 10.1. The molecule has 0 aliphatic carbocycles. The SMILES string of the molecule is CCCCCCCCNC=O.O=C(O)c1cc2ccccc2cc1O. The maximum absolute atomic E-state index is 10.7. The Balaban J connectivity index is 0.000000260. The van der Waals surface area contributed by atoms with Gasteiger partial charge in [-0.25, -0.2) is 4.79 Å². The Kier molecular flexibility index (Phi) is 9.75. The summed E-state index contributed by atoms with van der Waals surface area (Å²) in [5, 5.41) is 22.5. The van der Waals surface area contributed by atoms with Gasteiger partial charge in [0.1, 0.15) is 11.3 Å². The average Bonchev–Trinajstić information content (AvgIpc) is 2.61. The van der Waals surface area contributed by atoms with Crippen LogP contribution in [-0.2, 0) is 4.79 Å². The number of hydrogen-bond acceptors (Lipinski definition) is 3. The van der Waals surface area contributed by atoms with Gasteiger partial charge in [-0.1, -0.05) is 63.3 Å². The Hall–Kier alpha value is -2.56. The topological polar surface area (TPSA) is 86.6 Å². The van der Waals surface area contributed by atoms with Gasteiger partial charge in [-0.15, -0.1) is 0 Å². The first kappa shape index (κ1) is 20.5. The minimum atomic E-state index is -1.12. The highest BCUT2D eigenvalue weighted by molar-refractivity contribution is 5.97. The standard InChI is InChI=1S/C11H8O3.C9H19NO/c12-10-6-8-4-2-1-3-7(8)5-9(10)11(13)14;1-2-3-4-5-6-7-8-10-9-11/h1-6,12H,(H,13,14);9H,2-8H2,1H3,(H,10,11). The molecule has 0 unspecified atom stereocenters. The van der Waals surface area contributed by atoms with Gasteiger partial charge in [0, 0.05) is 6.54 Å². The average molecular weight is 345 g/mol. The van der Waals surface area contributed by atoms with Gasteiger partial charge in [0.25, 0.3) is 0 Å². The quantitative estimate of drug-likeness (QED) is 0.466. The molecule has 0 spiro atoms. The highest BCUT2D eigenvalue weighted by Gasteiger charge is 2.09. The Labute approximate surface area is 148 Å². The second-order valence-corrected chi connectivity index (χ2v) is 5.86. The largest absolute Gasteiger partial charge is 0.507 e. The molecule has 2 aromatic carbocycles. The molecule has 0 saturated carbocycles. The minimum absolute atomic E-state index is 0.0660. The first-order valence-corrected chi connectivity index (χ1v) is 8.72. The van der Waals surface area contributed by atoms with Gasteiger partial charge in [0.15, 0.2) is 0 Å². The van der Waals surface area contributed by atoms with Gasteiger partial charge in [-0.2, -0.15) is 0 Å². The van der Waals surface area contributed by atoms with E-state index in [1.807, 2.05) is 18.2 Å². The van der Waals surface area contributed by atoms with Crippen molar-refractivity contribution in [1.82, 2.24) is 5.32 Å². The molecule has 0 radical (unpaired) electrons. The summed E-state index contributed by atoms with van der Waals surface area (Å²) in [7, 11) is 0. The molecule has 3 N–H and O–H groups in total. The molecule has 0 aromatic heterocycles. The predicted octanol–water partition coefficient (Wildman–Crippen LogP) is 4.34. The smallest absolute Gasteiger partial charge is 0.339 e. The first-order valence-electron chi connectivity index (χ1n) is 8.72. The van der Waals surface area contributed by atoms with Crippen molar-refractivity contribution in [3.8, 4) is 5.75 Å². The molecule has 1 amide bonds. The fourth-order valence-corrected chi connectivity index (χ4v) is 2.47. The number of carboxylic acids is 1. The zero-order chi connectivity index (χ0) is 18.5. The van der Waals surface area contributed by atoms with E-state index in [0.29, 0.717) is 0 Å². The van der Waals surface area contributed by atoms with E-state index in [0.717, 1.165) is 30.1 Å². The van der Waals surface area contributed by atoms with Gasteiger partial charge in [-0.05, 0) is 29.3 Å². The van der Waals surface area contributed by atoms with Crippen LogP contribution in [0.4, 0.5) is 0 Å². The van der Waals surface area contributed by atoms with Crippen molar-refractivity contribution in [3.05, 3.63) is 42.0 Å².